The molecule has 0 saturated heterocycles. The van der Waals surface area contributed by atoms with Crippen LogP contribution in [0.25, 0.3) is 0 Å². The minimum atomic E-state index is 1.14. The van der Waals surface area contributed by atoms with Crippen molar-refractivity contribution < 1.29 is 0 Å². The first-order valence-electron chi connectivity index (χ1n) is 2.82. The van der Waals surface area contributed by atoms with Crippen molar-refractivity contribution in [2.45, 2.75) is 6.42 Å². The molecule has 0 aromatic rings. The molecule has 0 radical (unpaired) electrons. The summed E-state index contributed by atoms with van der Waals surface area (Å²) in [6.45, 7) is 2.37. The Morgan fingerprint density at radius 1 is 1.75 bits per heavy atom. The first-order valence-corrected chi connectivity index (χ1v) is 3.90. The third-order valence-corrected chi connectivity index (χ3v) is 2.34. The zero-order valence-corrected chi connectivity index (χ0v) is 7.18. The summed E-state index contributed by atoms with van der Waals surface area (Å²) in [6, 6.07) is 0. The van der Waals surface area contributed by atoms with Crippen LogP contribution in [0.4, 0.5) is 0 Å². The van der Waals surface area contributed by atoms with Gasteiger partial charge in [-0.3, -0.25) is 0 Å². The molecule has 1 aliphatic heterocycles. The van der Waals surface area contributed by atoms with Crippen molar-refractivity contribution >= 4 is 22.6 Å². The Labute approximate surface area is 63.9 Å². The molecule has 1 heterocycles. The van der Waals surface area contributed by atoms with Crippen LogP contribution in [0.2, 0.25) is 0 Å². The lowest BCUT2D eigenvalue weighted by molar-refractivity contribution is 0.365. The molecule has 1 aliphatic rings. The molecule has 0 aromatic heterocycles. The van der Waals surface area contributed by atoms with Gasteiger partial charge in [-0.25, -0.2) is 0 Å². The van der Waals surface area contributed by atoms with Crippen LogP contribution < -0.4 is 0 Å². The van der Waals surface area contributed by atoms with Crippen LogP contribution >= 0.6 is 22.6 Å². The van der Waals surface area contributed by atoms with E-state index >= 15 is 0 Å². The summed E-state index contributed by atoms with van der Waals surface area (Å²) in [5.74, 6) is 0. The molecule has 0 amide bonds. The quantitative estimate of drug-likeness (QED) is 0.564. The maximum Gasteiger partial charge on any atom is 0.0170 e. The summed E-state index contributed by atoms with van der Waals surface area (Å²) in [5.41, 5.74) is 0. The first kappa shape index (κ1) is 6.55. The van der Waals surface area contributed by atoms with E-state index < -0.39 is 0 Å². The van der Waals surface area contributed by atoms with Gasteiger partial charge in [0.1, 0.15) is 0 Å². The lowest BCUT2D eigenvalue weighted by Gasteiger charge is -2.18. The molecule has 1 nitrogen and oxygen atoms in total. The molecule has 0 aliphatic carbocycles. The van der Waals surface area contributed by atoms with Crippen LogP contribution in [0.15, 0.2) is 9.66 Å². The standard InChI is InChI=1S/C6H10IN/c1-8-4-2-6(7)3-5-8/h2H,3-5H2,1H3. The van der Waals surface area contributed by atoms with Gasteiger partial charge in [0.15, 0.2) is 0 Å². The number of nitrogens with zero attached hydrogens (tertiary/aromatic N) is 1. The minimum Gasteiger partial charge on any atom is -0.302 e. The highest BCUT2D eigenvalue weighted by Crippen LogP contribution is 2.14. The molecule has 0 N–H and O–H groups in total. The Balaban J connectivity index is 2.42. The second-order valence-corrected chi connectivity index (χ2v) is 3.55. The Hall–Kier alpha value is 0.430. The highest BCUT2D eigenvalue weighted by atomic mass is 127. The van der Waals surface area contributed by atoms with Crippen LogP contribution in [0, 0.1) is 0 Å². The fraction of sp³-hybridized carbons (Fsp3) is 0.667. The van der Waals surface area contributed by atoms with E-state index in [4.69, 9.17) is 0 Å². The van der Waals surface area contributed by atoms with Crippen LogP contribution in [-0.2, 0) is 0 Å². The Morgan fingerprint density at radius 3 is 2.88 bits per heavy atom. The SMILES string of the molecule is CN1CC=C(I)CC1. The highest BCUT2D eigenvalue weighted by Gasteiger charge is 2.02. The zero-order valence-electron chi connectivity index (χ0n) is 5.02. The van der Waals surface area contributed by atoms with Gasteiger partial charge in [-0.2, -0.15) is 0 Å². The molecular weight excluding hydrogens is 213 g/mol. The Bertz CT molecular complexity index is 109. The maximum atomic E-state index is 2.40. The summed E-state index contributed by atoms with van der Waals surface area (Å²) in [7, 11) is 2.15. The Morgan fingerprint density at radius 2 is 2.50 bits per heavy atom. The van der Waals surface area contributed by atoms with Crippen LogP contribution in [-0.4, -0.2) is 25.0 Å². The van der Waals surface area contributed by atoms with Crippen LogP contribution in [0.3, 0.4) is 0 Å². The Kier molecular flexibility index (Phi) is 2.31. The van der Waals surface area contributed by atoms with Gasteiger partial charge in [0.2, 0.25) is 0 Å². The number of hydrogen-bond acceptors (Lipinski definition) is 1. The van der Waals surface area contributed by atoms with Crippen molar-refractivity contribution in [2.24, 2.45) is 0 Å². The molecule has 8 heavy (non-hydrogen) atoms. The van der Waals surface area contributed by atoms with Crippen molar-refractivity contribution in [1.29, 1.82) is 0 Å². The second-order valence-electron chi connectivity index (χ2n) is 2.16. The monoisotopic (exact) mass is 223 g/mol. The second kappa shape index (κ2) is 2.82. The maximum absolute atomic E-state index is 2.40. The smallest absolute Gasteiger partial charge is 0.0170 e. The largest absolute Gasteiger partial charge is 0.302 e. The van der Waals surface area contributed by atoms with Crippen molar-refractivity contribution in [2.75, 3.05) is 20.1 Å². The van der Waals surface area contributed by atoms with Gasteiger partial charge < -0.3 is 4.90 Å². The number of rotatable bonds is 0. The van der Waals surface area contributed by atoms with Crippen LogP contribution in [0.5, 0.6) is 0 Å². The lowest BCUT2D eigenvalue weighted by Crippen LogP contribution is -2.22. The molecular formula is C6H10IN. The number of hydrogen-bond donors (Lipinski definition) is 0. The van der Waals surface area contributed by atoms with E-state index in [0.29, 0.717) is 0 Å². The molecule has 0 atom stereocenters. The van der Waals surface area contributed by atoms with Crippen molar-refractivity contribution in [1.82, 2.24) is 4.90 Å². The van der Waals surface area contributed by atoms with Crippen molar-refractivity contribution in [3.63, 3.8) is 0 Å². The first-order chi connectivity index (χ1) is 3.79. The molecule has 2 heteroatoms. The van der Waals surface area contributed by atoms with E-state index in [1.54, 1.807) is 0 Å². The summed E-state index contributed by atoms with van der Waals surface area (Å²) in [6.07, 6.45) is 3.53. The molecule has 1 rings (SSSR count). The number of halogens is 1. The van der Waals surface area contributed by atoms with Gasteiger partial charge in [-0.1, -0.05) is 6.08 Å². The van der Waals surface area contributed by atoms with E-state index in [9.17, 15) is 0 Å². The minimum absolute atomic E-state index is 1.14. The van der Waals surface area contributed by atoms with Crippen molar-refractivity contribution in [3.8, 4) is 0 Å². The normalized spacial score (nSPS) is 23.0. The van der Waals surface area contributed by atoms with Gasteiger partial charge in [-0.15, -0.1) is 0 Å². The van der Waals surface area contributed by atoms with Crippen molar-refractivity contribution in [3.05, 3.63) is 9.66 Å². The van der Waals surface area contributed by atoms with E-state index in [1.807, 2.05) is 0 Å². The lowest BCUT2D eigenvalue weighted by atomic mass is 10.3. The molecule has 46 valence electrons. The fourth-order valence-corrected chi connectivity index (χ4v) is 1.18. The highest BCUT2D eigenvalue weighted by molar-refractivity contribution is 14.1. The topological polar surface area (TPSA) is 3.24 Å². The zero-order chi connectivity index (χ0) is 5.98. The average molecular weight is 223 g/mol. The van der Waals surface area contributed by atoms with Gasteiger partial charge in [-0.05, 0) is 39.6 Å². The third kappa shape index (κ3) is 1.74. The summed E-state index contributed by atoms with van der Waals surface area (Å²) >= 11 is 2.40. The van der Waals surface area contributed by atoms with E-state index in [1.165, 1.54) is 16.5 Å². The van der Waals surface area contributed by atoms with E-state index in [0.717, 1.165) is 6.54 Å². The molecule has 0 spiro atoms. The predicted molar refractivity (Wildman–Crippen MR) is 44.2 cm³/mol. The molecule has 0 aromatic carbocycles. The van der Waals surface area contributed by atoms with Gasteiger partial charge in [0.05, 0.1) is 0 Å². The predicted octanol–water partition coefficient (Wildman–Crippen LogP) is 1.64. The van der Waals surface area contributed by atoms with E-state index in [-0.39, 0.29) is 0 Å². The molecule has 0 saturated carbocycles. The summed E-state index contributed by atoms with van der Waals surface area (Å²) in [4.78, 5) is 2.32. The molecule has 0 fully saturated rings. The average Bonchev–Trinajstić information content (AvgIpc) is 1.77. The van der Waals surface area contributed by atoms with E-state index in [2.05, 4.69) is 40.6 Å². The molecule has 0 unspecified atom stereocenters. The number of likely N-dealkylation sites (N-methyl/N-ethyl adjacent to an activating group) is 1. The third-order valence-electron chi connectivity index (χ3n) is 1.36. The molecule has 0 bridgehead atoms. The van der Waals surface area contributed by atoms with Gasteiger partial charge >= 0.3 is 0 Å². The van der Waals surface area contributed by atoms with Gasteiger partial charge in [0, 0.05) is 13.1 Å². The summed E-state index contributed by atoms with van der Waals surface area (Å²) < 4.78 is 1.51. The van der Waals surface area contributed by atoms with Crippen LogP contribution in [0.1, 0.15) is 6.42 Å². The van der Waals surface area contributed by atoms with Gasteiger partial charge in [0.25, 0.3) is 0 Å². The fourth-order valence-electron chi connectivity index (χ4n) is 0.746. The summed E-state index contributed by atoms with van der Waals surface area (Å²) in [5, 5.41) is 0.